The third-order valence-corrected chi connectivity index (χ3v) is 6.13. The lowest BCUT2D eigenvalue weighted by atomic mass is 10.0. The fraction of sp³-hybridized carbons (Fsp3) is 0.500. The van der Waals surface area contributed by atoms with Gasteiger partial charge in [0.1, 0.15) is 5.82 Å². The number of benzene rings is 1. The van der Waals surface area contributed by atoms with Gasteiger partial charge in [-0.05, 0) is 24.6 Å². The molecule has 1 heterocycles. The third kappa shape index (κ3) is 5.73. The first kappa shape index (κ1) is 18.1. The van der Waals surface area contributed by atoms with Crippen molar-refractivity contribution in [2.75, 3.05) is 23.9 Å². The Hall–Kier alpha value is -1.21. The summed E-state index contributed by atoms with van der Waals surface area (Å²) in [5.41, 5.74) is 0.696. The van der Waals surface area contributed by atoms with Crippen molar-refractivity contribution in [3.05, 3.63) is 35.6 Å². The number of hydrogen-bond donors (Lipinski definition) is 1. The second-order valence-electron chi connectivity index (χ2n) is 5.06. The van der Waals surface area contributed by atoms with E-state index in [-0.39, 0.29) is 36.0 Å². The van der Waals surface area contributed by atoms with Gasteiger partial charge in [-0.25, -0.2) is 4.39 Å². The van der Waals surface area contributed by atoms with E-state index in [9.17, 15) is 14.0 Å². The van der Waals surface area contributed by atoms with Crippen LogP contribution in [0.25, 0.3) is 0 Å². The number of halogens is 1. The quantitative estimate of drug-likeness (QED) is 0.794. The summed E-state index contributed by atoms with van der Waals surface area (Å²) >= 11 is 3.39. The Bertz CT molecular complexity index is 533. The van der Waals surface area contributed by atoms with E-state index in [2.05, 4.69) is 5.32 Å². The van der Waals surface area contributed by atoms with Crippen LogP contribution in [0.15, 0.2) is 24.3 Å². The van der Waals surface area contributed by atoms with E-state index in [0.29, 0.717) is 5.56 Å². The van der Waals surface area contributed by atoms with E-state index in [1.807, 2.05) is 0 Å². The molecule has 0 bridgehead atoms. The molecule has 1 aliphatic heterocycles. The summed E-state index contributed by atoms with van der Waals surface area (Å²) in [4.78, 5) is 24.2. The number of hydrogen-bond acceptors (Lipinski definition) is 5. The summed E-state index contributed by atoms with van der Waals surface area (Å²) in [6.07, 6.45) is 0.0374. The van der Waals surface area contributed by atoms with Gasteiger partial charge in [-0.3, -0.25) is 9.59 Å². The Morgan fingerprint density at radius 3 is 2.70 bits per heavy atom. The second-order valence-corrected chi connectivity index (χ2v) is 7.52. The molecule has 2 atom stereocenters. The molecule has 0 spiro atoms. The van der Waals surface area contributed by atoms with Crippen molar-refractivity contribution >= 4 is 35.4 Å². The molecular formula is C16H20FNO3S2. The molecule has 0 unspecified atom stereocenters. The highest BCUT2D eigenvalue weighted by molar-refractivity contribution is 8.07. The van der Waals surface area contributed by atoms with Gasteiger partial charge in [-0.1, -0.05) is 12.1 Å². The maximum atomic E-state index is 13.1. The molecule has 23 heavy (non-hydrogen) atoms. The van der Waals surface area contributed by atoms with E-state index in [0.717, 1.165) is 17.3 Å². The second kappa shape index (κ2) is 9.17. The minimum atomic E-state index is -0.505. The maximum absolute atomic E-state index is 13.1. The molecule has 2 rings (SSSR count). The lowest BCUT2D eigenvalue weighted by Crippen LogP contribution is -2.39. The molecular weight excluding hydrogens is 337 g/mol. The van der Waals surface area contributed by atoms with Crippen LogP contribution in [0.5, 0.6) is 0 Å². The maximum Gasteiger partial charge on any atom is 0.308 e. The standard InChI is InChI=1S/C16H20FNO3S2/c1-2-21-15(19)9-13(11-3-5-12(17)6-4-11)18-16(20)14-10-22-7-8-23-14/h3-6,13-14H,2,7-10H2,1H3,(H,18,20)/t13-,14-/m1/s1. The first-order valence-corrected chi connectivity index (χ1v) is 9.71. The average molecular weight is 357 g/mol. The minimum absolute atomic E-state index is 0.0374. The van der Waals surface area contributed by atoms with Crippen molar-refractivity contribution in [3.63, 3.8) is 0 Å². The van der Waals surface area contributed by atoms with Crippen molar-refractivity contribution in [2.24, 2.45) is 0 Å². The Labute approximate surface area is 143 Å². The minimum Gasteiger partial charge on any atom is -0.466 e. The molecule has 1 aromatic carbocycles. The van der Waals surface area contributed by atoms with Crippen molar-refractivity contribution in [2.45, 2.75) is 24.6 Å². The summed E-state index contributed by atoms with van der Waals surface area (Å²) in [5.74, 6) is 1.95. The van der Waals surface area contributed by atoms with Gasteiger partial charge in [-0.15, -0.1) is 11.8 Å². The number of amides is 1. The highest BCUT2D eigenvalue weighted by atomic mass is 32.2. The fourth-order valence-electron chi connectivity index (χ4n) is 2.24. The van der Waals surface area contributed by atoms with E-state index in [4.69, 9.17) is 4.74 Å². The SMILES string of the molecule is CCOC(=O)C[C@@H](NC(=O)[C@H]1CSCCS1)c1ccc(F)cc1. The van der Waals surface area contributed by atoms with Crippen LogP contribution in [0.4, 0.5) is 4.39 Å². The van der Waals surface area contributed by atoms with E-state index in [1.54, 1.807) is 42.6 Å². The monoisotopic (exact) mass is 357 g/mol. The van der Waals surface area contributed by atoms with Gasteiger partial charge >= 0.3 is 5.97 Å². The van der Waals surface area contributed by atoms with Gasteiger partial charge in [-0.2, -0.15) is 11.8 Å². The zero-order valence-electron chi connectivity index (χ0n) is 12.9. The Kier molecular flexibility index (Phi) is 7.23. The molecule has 1 N–H and O–H groups in total. The Balaban J connectivity index is 2.07. The normalized spacial score (nSPS) is 19.0. The van der Waals surface area contributed by atoms with Crippen molar-refractivity contribution in [1.29, 1.82) is 0 Å². The van der Waals surface area contributed by atoms with Crippen LogP contribution in [-0.2, 0) is 14.3 Å². The van der Waals surface area contributed by atoms with E-state index >= 15 is 0 Å². The van der Waals surface area contributed by atoms with Gasteiger partial charge in [0.05, 0.1) is 24.3 Å². The van der Waals surface area contributed by atoms with E-state index in [1.165, 1.54) is 12.1 Å². The number of carbonyl (C=O) groups excluding carboxylic acids is 2. The van der Waals surface area contributed by atoms with Crippen LogP contribution in [0.3, 0.4) is 0 Å². The van der Waals surface area contributed by atoms with Crippen molar-refractivity contribution in [1.82, 2.24) is 5.32 Å². The number of thioether (sulfide) groups is 2. The lowest BCUT2D eigenvalue weighted by Gasteiger charge is -2.24. The van der Waals surface area contributed by atoms with Gasteiger partial charge in [0.25, 0.3) is 0 Å². The first-order chi connectivity index (χ1) is 11.1. The van der Waals surface area contributed by atoms with Crippen LogP contribution in [-0.4, -0.2) is 41.0 Å². The topological polar surface area (TPSA) is 55.4 Å². The number of nitrogens with one attached hydrogen (secondary N) is 1. The predicted molar refractivity (Wildman–Crippen MR) is 92.1 cm³/mol. The summed E-state index contributed by atoms with van der Waals surface area (Å²) in [6.45, 7) is 2.03. The largest absolute Gasteiger partial charge is 0.466 e. The summed E-state index contributed by atoms with van der Waals surface area (Å²) < 4.78 is 18.1. The van der Waals surface area contributed by atoms with Gasteiger partial charge in [0.15, 0.2) is 0 Å². The predicted octanol–water partition coefficient (Wildman–Crippen LogP) is 2.78. The highest BCUT2D eigenvalue weighted by Crippen LogP contribution is 2.26. The Morgan fingerprint density at radius 1 is 1.35 bits per heavy atom. The molecule has 0 aliphatic carbocycles. The van der Waals surface area contributed by atoms with Crippen LogP contribution in [0.1, 0.15) is 24.9 Å². The Morgan fingerprint density at radius 2 is 2.09 bits per heavy atom. The molecule has 4 nitrogen and oxygen atoms in total. The molecule has 126 valence electrons. The van der Waals surface area contributed by atoms with Crippen LogP contribution in [0.2, 0.25) is 0 Å². The van der Waals surface area contributed by atoms with Gasteiger partial charge in [0.2, 0.25) is 5.91 Å². The summed E-state index contributed by atoms with van der Waals surface area (Å²) in [7, 11) is 0. The van der Waals surface area contributed by atoms with Gasteiger partial charge < -0.3 is 10.1 Å². The highest BCUT2D eigenvalue weighted by Gasteiger charge is 2.26. The van der Waals surface area contributed by atoms with Crippen LogP contribution >= 0.6 is 23.5 Å². The van der Waals surface area contributed by atoms with Crippen molar-refractivity contribution in [3.8, 4) is 0 Å². The molecule has 1 aliphatic rings. The average Bonchev–Trinajstić information content (AvgIpc) is 2.56. The molecule has 1 fully saturated rings. The lowest BCUT2D eigenvalue weighted by molar-refractivity contribution is -0.143. The number of rotatable bonds is 6. The summed E-state index contributed by atoms with van der Waals surface area (Å²) in [6, 6.07) is 5.31. The van der Waals surface area contributed by atoms with Crippen molar-refractivity contribution < 1.29 is 18.7 Å². The molecule has 0 aromatic heterocycles. The first-order valence-electron chi connectivity index (χ1n) is 7.51. The number of esters is 1. The molecule has 0 radical (unpaired) electrons. The molecule has 1 aromatic rings. The van der Waals surface area contributed by atoms with Gasteiger partial charge in [0, 0.05) is 17.3 Å². The summed E-state index contributed by atoms with van der Waals surface area (Å²) in [5, 5.41) is 2.80. The fourth-order valence-corrected chi connectivity index (χ4v) is 4.80. The molecule has 1 saturated heterocycles. The number of ether oxygens (including phenoxy) is 1. The smallest absolute Gasteiger partial charge is 0.308 e. The molecule has 1 amide bonds. The number of carbonyl (C=O) groups is 2. The van der Waals surface area contributed by atoms with Crippen LogP contribution in [0, 0.1) is 5.82 Å². The zero-order valence-corrected chi connectivity index (χ0v) is 14.6. The zero-order chi connectivity index (χ0) is 16.7. The third-order valence-electron chi connectivity index (χ3n) is 3.37. The molecule has 7 heteroatoms. The molecule has 0 saturated carbocycles. The van der Waals surface area contributed by atoms with Crippen LogP contribution < -0.4 is 5.32 Å². The van der Waals surface area contributed by atoms with E-state index < -0.39 is 6.04 Å².